The minimum atomic E-state index is -0.548. The fraction of sp³-hybridized carbons (Fsp3) is 0.0588. The van der Waals surface area contributed by atoms with Crippen LogP contribution in [-0.2, 0) is 0 Å². The molecule has 1 aliphatic heterocycles. The van der Waals surface area contributed by atoms with Gasteiger partial charge in [0.25, 0.3) is 5.91 Å². The number of hydrogen-bond acceptors (Lipinski definition) is 6. The van der Waals surface area contributed by atoms with Gasteiger partial charge >= 0.3 is 0 Å². The summed E-state index contributed by atoms with van der Waals surface area (Å²) in [6.45, 7) is 0.202. The highest BCUT2D eigenvalue weighted by atomic mass is 35.5. The van der Waals surface area contributed by atoms with Gasteiger partial charge < -0.3 is 20.1 Å². The largest absolute Gasteiger partial charge is 0.454 e. The third-order valence-corrected chi connectivity index (χ3v) is 4.59. The van der Waals surface area contributed by atoms with Gasteiger partial charge in [0.15, 0.2) is 16.6 Å². The molecule has 2 N–H and O–H groups in total. The van der Waals surface area contributed by atoms with Crippen molar-refractivity contribution in [3.05, 3.63) is 58.3 Å². The molecule has 0 aliphatic carbocycles. The number of nitrogens with zero attached hydrogens (tertiary/aromatic N) is 1. The Labute approximate surface area is 156 Å². The van der Waals surface area contributed by atoms with Crippen molar-refractivity contribution in [3.63, 3.8) is 0 Å². The number of ether oxygens (including phenoxy) is 2. The van der Waals surface area contributed by atoms with E-state index >= 15 is 0 Å². The first-order chi connectivity index (χ1) is 12.6. The Morgan fingerprint density at radius 2 is 1.96 bits per heavy atom. The monoisotopic (exact) mass is 391 g/mol. The van der Waals surface area contributed by atoms with Crippen molar-refractivity contribution >= 4 is 45.4 Å². The zero-order chi connectivity index (χ0) is 18.1. The Morgan fingerprint density at radius 3 is 2.81 bits per heavy atom. The molecule has 6 nitrogen and oxygen atoms in total. The van der Waals surface area contributed by atoms with E-state index in [1.54, 1.807) is 17.5 Å². The maximum Gasteiger partial charge on any atom is 0.275 e. The number of anilines is 3. The molecule has 4 rings (SSSR count). The Bertz CT molecular complexity index is 995. The Hall–Kier alpha value is -2.84. The lowest BCUT2D eigenvalue weighted by Gasteiger charge is -2.05. The molecule has 1 aromatic heterocycles. The van der Waals surface area contributed by atoms with Crippen LogP contribution in [-0.4, -0.2) is 17.7 Å². The number of amides is 1. The van der Waals surface area contributed by atoms with Crippen LogP contribution in [0.1, 0.15) is 10.5 Å². The Kier molecular flexibility index (Phi) is 4.36. The number of carbonyl (C=O) groups is 1. The van der Waals surface area contributed by atoms with Crippen LogP contribution in [0.3, 0.4) is 0 Å². The first-order valence-electron chi connectivity index (χ1n) is 7.47. The van der Waals surface area contributed by atoms with Crippen LogP contribution < -0.4 is 20.1 Å². The average molecular weight is 392 g/mol. The van der Waals surface area contributed by atoms with Crippen LogP contribution in [0.25, 0.3) is 0 Å². The number of halogens is 2. The molecule has 9 heteroatoms. The van der Waals surface area contributed by atoms with E-state index in [1.165, 1.54) is 29.5 Å². The van der Waals surface area contributed by atoms with Crippen LogP contribution in [0.5, 0.6) is 11.5 Å². The van der Waals surface area contributed by atoms with E-state index in [0.29, 0.717) is 22.3 Å². The lowest BCUT2D eigenvalue weighted by molar-refractivity contribution is 0.102. The summed E-state index contributed by atoms with van der Waals surface area (Å²) in [6, 6.07) is 9.37. The van der Waals surface area contributed by atoms with E-state index < -0.39 is 11.7 Å². The predicted octanol–water partition coefficient (Wildman–Crippen LogP) is 4.66. The highest BCUT2D eigenvalue weighted by molar-refractivity contribution is 7.14. The summed E-state index contributed by atoms with van der Waals surface area (Å²) in [6.07, 6.45) is 0. The van der Waals surface area contributed by atoms with Gasteiger partial charge in [-0.3, -0.25) is 4.79 Å². The van der Waals surface area contributed by atoms with Crippen molar-refractivity contribution in [1.29, 1.82) is 0 Å². The van der Waals surface area contributed by atoms with Crippen molar-refractivity contribution in [3.8, 4) is 11.5 Å². The van der Waals surface area contributed by atoms with Gasteiger partial charge in [-0.25, -0.2) is 9.37 Å². The summed E-state index contributed by atoms with van der Waals surface area (Å²) in [5, 5.41) is 7.84. The molecule has 0 spiro atoms. The van der Waals surface area contributed by atoms with Crippen LogP contribution in [0, 0.1) is 5.82 Å². The molecule has 0 saturated carbocycles. The number of rotatable bonds is 4. The lowest BCUT2D eigenvalue weighted by atomic mass is 10.3. The molecule has 26 heavy (non-hydrogen) atoms. The topological polar surface area (TPSA) is 72.5 Å². The summed E-state index contributed by atoms with van der Waals surface area (Å²) in [5.41, 5.74) is 1.39. The van der Waals surface area contributed by atoms with Crippen LogP contribution >= 0.6 is 22.9 Å². The Balaban J connectivity index is 1.45. The van der Waals surface area contributed by atoms with Gasteiger partial charge in [-0.1, -0.05) is 11.6 Å². The summed E-state index contributed by atoms with van der Waals surface area (Å²) in [7, 11) is 0. The number of benzene rings is 2. The first-order valence-corrected chi connectivity index (χ1v) is 8.73. The SMILES string of the molecule is O=C(Nc1ccc(F)c(Cl)c1)c1csc(Nc2ccc3c(c2)OCO3)n1. The molecule has 0 saturated heterocycles. The van der Waals surface area contributed by atoms with Gasteiger partial charge in [0.05, 0.1) is 5.02 Å². The maximum atomic E-state index is 13.2. The minimum absolute atomic E-state index is 0.0637. The lowest BCUT2D eigenvalue weighted by Crippen LogP contribution is -2.12. The summed E-state index contributed by atoms with van der Waals surface area (Å²) in [4.78, 5) is 16.5. The number of nitrogens with one attached hydrogen (secondary N) is 2. The van der Waals surface area contributed by atoms with E-state index in [1.807, 2.05) is 6.07 Å². The molecular formula is C17H11ClFN3O3S. The number of thiazole rings is 1. The molecule has 0 fully saturated rings. The fourth-order valence-corrected chi connectivity index (χ4v) is 3.19. The van der Waals surface area contributed by atoms with Gasteiger partial charge in [-0.2, -0.15) is 0 Å². The van der Waals surface area contributed by atoms with Gasteiger partial charge in [0.2, 0.25) is 6.79 Å². The molecule has 0 unspecified atom stereocenters. The first kappa shape index (κ1) is 16.6. The normalized spacial score (nSPS) is 12.1. The second-order valence-corrected chi connectivity index (χ2v) is 6.58. The van der Waals surface area contributed by atoms with Crippen molar-refractivity contribution in [2.24, 2.45) is 0 Å². The van der Waals surface area contributed by atoms with Crippen LogP contribution in [0.2, 0.25) is 5.02 Å². The van der Waals surface area contributed by atoms with Crippen LogP contribution in [0.4, 0.5) is 20.9 Å². The maximum absolute atomic E-state index is 13.2. The smallest absolute Gasteiger partial charge is 0.275 e. The zero-order valence-corrected chi connectivity index (χ0v) is 14.7. The highest BCUT2D eigenvalue weighted by Gasteiger charge is 2.15. The zero-order valence-electron chi connectivity index (χ0n) is 13.1. The minimum Gasteiger partial charge on any atom is -0.454 e. The van der Waals surface area contributed by atoms with E-state index in [-0.39, 0.29) is 17.5 Å². The molecule has 0 radical (unpaired) electrons. The molecule has 0 bridgehead atoms. The number of carbonyl (C=O) groups excluding carboxylic acids is 1. The third-order valence-electron chi connectivity index (χ3n) is 3.54. The predicted molar refractivity (Wildman–Crippen MR) is 97.3 cm³/mol. The quantitative estimate of drug-likeness (QED) is 0.676. The number of hydrogen-bond donors (Lipinski definition) is 2. The van der Waals surface area contributed by atoms with Gasteiger partial charge in [0, 0.05) is 22.8 Å². The van der Waals surface area contributed by atoms with E-state index in [9.17, 15) is 9.18 Å². The van der Waals surface area contributed by atoms with Crippen LogP contribution in [0.15, 0.2) is 41.8 Å². The number of fused-ring (bicyclic) bond motifs is 1. The molecule has 3 aromatic rings. The average Bonchev–Trinajstić information content (AvgIpc) is 3.27. The molecule has 2 aromatic carbocycles. The second kappa shape index (κ2) is 6.81. The third kappa shape index (κ3) is 3.42. The van der Waals surface area contributed by atoms with Crippen molar-refractivity contribution in [1.82, 2.24) is 4.98 Å². The van der Waals surface area contributed by atoms with Gasteiger partial charge in [-0.15, -0.1) is 11.3 Å². The second-order valence-electron chi connectivity index (χ2n) is 5.31. The summed E-state index contributed by atoms with van der Waals surface area (Å²) < 4.78 is 23.8. The number of aromatic nitrogens is 1. The summed E-state index contributed by atoms with van der Waals surface area (Å²) >= 11 is 6.99. The van der Waals surface area contributed by atoms with E-state index in [2.05, 4.69) is 15.6 Å². The van der Waals surface area contributed by atoms with Crippen molar-refractivity contribution < 1.29 is 18.7 Å². The van der Waals surface area contributed by atoms with Crippen molar-refractivity contribution in [2.45, 2.75) is 0 Å². The Morgan fingerprint density at radius 1 is 1.15 bits per heavy atom. The molecule has 1 aliphatic rings. The highest BCUT2D eigenvalue weighted by Crippen LogP contribution is 2.35. The molecular weight excluding hydrogens is 381 g/mol. The molecule has 1 amide bonds. The van der Waals surface area contributed by atoms with Crippen molar-refractivity contribution in [2.75, 3.05) is 17.4 Å². The summed E-state index contributed by atoms with van der Waals surface area (Å²) in [5.74, 6) is 0.377. The molecule has 2 heterocycles. The van der Waals surface area contributed by atoms with E-state index in [0.717, 1.165) is 5.69 Å². The molecule has 0 atom stereocenters. The fourth-order valence-electron chi connectivity index (χ4n) is 2.30. The standard InChI is InChI=1S/C17H11ClFN3O3S/c18-11-5-9(1-3-12(11)19)20-16(23)13-7-26-17(22-13)21-10-2-4-14-15(6-10)25-8-24-14/h1-7H,8H2,(H,20,23)(H,21,22). The molecule has 132 valence electrons. The van der Waals surface area contributed by atoms with Gasteiger partial charge in [0.1, 0.15) is 11.5 Å². The van der Waals surface area contributed by atoms with Gasteiger partial charge in [-0.05, 0) is 30.3 Å². The van der Waals surface area contributed by atoms with E-state index in [4.69, 9.17) is 21.1 Å².